The van der Waals surface area contributed by atoms with Gasteiger partial charge in [0.15, 0.2) is 18.1 Å². The third kappa shape index (κ3) is 6.25. The number of likely N-dealkylation sites (tertiary alicyclic amines) is 1. The van der Waals surface area contributed by atoms with Crippen LogP contribution in [0.25, 0.3) is 0 Å². The lowest BCUT2D eigenvalue weighted by molar-refractivity contribution is -0.134. The first-order valence-corrected chi connectivity index (χ1v) is 11.1. The molecule has 0 atom stereocenters. The van der Waals surface area contributed by atoms with Gasteiger partial charge in [-0.3, -0.25) is 9.59 Å². The number of carbonyl (C=O) groups excluding carboxylic acids is 3. The Hall–Kier alpha value is -3.55. The summed E-state index contributed by atoms with van der Waals surface area (Å²) in [7, 11) is 1.32. The largest absolute Gasteiger partial charge is 0.490 e. The molecule has 1 aliphatic heterocycles. The van der Waals surface area contributed by atoms with Crippen LogP contribution in [0.1, 0.15) is 52.5 Å². The van der Waals surface area contributed by atoms with Crippen LogP contribution in [0.15, 0.2) is 36.4 Å². The van der Waals surface area contributed by atoms with E-state index in [-0.39, 0.29) is 18.4 Å². The fourth-order valence-electron chi connectivity index (χ4n) is 3.65. The summed E-state index contributed by atoms with van der Waals surface area (Å²) in [5.74, 6) is -0.0101. The lowest BCUT2D eigenvalue weighted by Crippen LogP contribution is -2.38. The van der Waals surface area contributed by atoms with E-state index in [0.29, 0.717) is 34.9 Å². The molecular formula is C25H30N2O6. The maximum atomic E-state index is 12.8. The predicted octanol–water partition coefficient (Wildman–Crippen LogP) is 3.82. The Bertz CT molecular complexity index is 1010. The van der Waals surface area contributed by atoms with E-state index in [2.05, 4.69) is 5.32 Å². The Morgan fingerprint density at radius 3 is 2.33 bits per heavy atom. The van der Waals surface area contributed by atoms with Crippen molar-refractivity contribution in [2.24, 2.45) is 0 Å². The molecule has 1 aliphatic rings. The number of hydrogen-bond donors (Lipinski definition) is 1. The molecule has 0 saturated carbocycles. The minimum Gasteiger partial charge on any atom is -0.490 e. The number of amides is 2. The van der Waals surface area contributed by atoms with E-state index in [1.54, 1.807) is 43.3 Å². The molecule has 1 saturated heterocycles. The van der Waals surface area contributed by atoms with Crippen molar-refractivity contribution < 1.29 is 28.6 Å². The average molecular weight is 455 g/mol. The monoisotopic (exact) mass is 454 g/mol. The SMILES string of the molecule is CCOc1cc(C(=O)Nc2ccc(C(=O)OC)cc2C)ccc1OCC(=O)N1CCCCC1. The maximum Gasteiger partial charge on any atom is 0.337 e. The number of methoxy groups -OCH3 is 1. The minimum absolute atomic E-state index is 0.0511. The highest BCUT2D eigenvalue weighted by molar-refractivity contribution is 6.05. The summed E-state index contributed by atoms with van der Waals surface area (Å²) < 4.78 is 16.1. The van der Waals surface area contributed by atoms with Crippen LogP contribution >= 0.6 is 0 Å². The molecule has 33 heavy (non-hydrogen) atoms. The zero-order chi connectivity index (χ0) is 23.8. The van der Waals surface area contributed by atoms with Crippen LogP contribution in [0.3, 0.4) is 0 Å². The molecule has 2 aromatic carbocycles. The number of rotatable bonds is 8. The van der Waals surface area contributed by atoms with Crippen LogP contribution in [0.5, 0.6) is 11.5 Å². The van der Waals surface area contributed by atoms with Gasteiger partial charge in [-0.05, 0) is 75.1 Å². The normalized spacial score (nSPS) is 13.2. The molecule has 2 aromatic rings. The second-order valence-electron chi connectivity index (χ2n) is 7.80. The van der Waals surface area contributed by atoms with Gasteiger partial charge < -0.3 is 24.4 Å². The number of nitrogens with zero attached hydrogens (tertiary/aromatic N) is 1. The van der Waals surface area contributed by atoms with Gasteiger partial charge in [0.25, 0.3) is 11.8 Å². The molecule has 8 heteroatoms. The number of aryl methyl sites for hydroxylation is 1. The number of hydrogen-bond acceptors (Lipinski definition) is 6. The third-order valence-corrected chi connectivity index (χ3v) is 5.46. The Balaban J connectivity index is 1.69. The van der Waals surface area contributed by atoms with Crippen LogP contribution in [-0.2, 0) is 9.53 Å². The maximum absolute atomic E-state index is 12.8. The van der Waals surface area contributed by atoms with Gasteiger partial charge in [0.2, 0.25) is 0 Å². The predicted molar refractivity (Wildman–Crippen MR) is 124 cm³/mol. The van der Waals surface area contributed by atoms with Gasteiger partial charge in [0.1, 0.15) is 0 Å². The minimum atomic E-state index is -0.438. The van der Waals surface area contributed by atoms with Gasteiger partial charge in [0.05, 0.1) is 19.3 Å². The van der Waals surface area contributed by atoms with Crippen molar-refractivity contribution in [3.05, 3.63) is 53.1 Å². The van der Waals surface area contributed by atoms with Gasteiger partial charge in [-0.1, -0.05) is 0 Å². The van der Waals surface area contributed by atoms with Crippen LogP contribution in [0, 0.1) is 6.92 Å². The van der Waals surface area contributed by atoms with Gasteiger partial charge in [-0.25, -0.2) is 4.79 Å². The molecular weight excluding hydrogens is 424 g/mol. The summed E-state index contributed by atoms with van der Waals surface area (Å²) in [4.78, 5) is 38.7. The van der Waals surface area contributed by atoms with Crippen molar-refractivity contribution in [1.29, 1.82) is 0 Å². The van der Waals surface area contributed by atoms with Crippen molar-refractivity contribution in [3.63, 3.8) is 0 Å². The standard InChI is InChI=1S/C25H30N2O6/c1-4-32-22-15-18(9-11-21(22)33-16-23(28)27-12-6-5-7-13-27)24(29)26-20-10-8-19(14-17(20)2)25(30)31-3/h8-11,14-15H,4-7,12-13,16H2,1-3H3,(H,26,29). The molecule has 0 aliphatic carbocycles. The van der Waals surface area contributed by atoms with Crippen molar-refractivity contribution >= 4 is 23.5 Å². The summed E-state index contributed by atoms with van der Waals surface area (Å²) in [5, 5.41) is 2.84. The molecule has 1 N–H and O–H groups in total. The summed E-state index contributed by atoms with van der Waals surface area (Å²) in [6, 6.07) is 9.76. The van der Waals surface area contributed by atoms with Crippen LogP contribution < -0.4 is 14.8 Å². The van der Waals surface area contributed by atoms with Crippen LogP contribution in [0.2, 0.25) is 0 Å². The highest BCUT2D eigenvalue weighted by atomic mass is 16.5. The van der Waals surface area contributed by atoms with E-state index in [9.17, 15) is 14.4 Å². The third-order valence-electron chi connectivity index (χ3n) is 5.46. The van der Waals surface area contributed by atoms with E-state index in [1.165, 1.54) is 7.11 Å². The summed E-state index contributed by atoms with van der Waals surface area (Å²) >= 11 is 0. The molecule has 0 radical (unpaired) electrons. The summed E-state index contributed by atoms with van der Waals surface area (Å²) in [6.07, 6.45) is 3.19. The fraction of sp³-hybridized carbons (Fsp3) is 0.400. The van der Waals surface area contributed by atoms with Gasteiger partial charge in [0, 0.05) is 24.3 Å². The van der Waals surface area contributed by atoms with Crippen molar-refractivity contribution in [1.82, 2.24) is 4.90 Å². The van der Waals surface area contributed by atoms with E-state index in [4.69, 9.17) is 14.2 Å². The molecule has 8 nitrogen and oxygen atoms in total. The van der Waals surface area contributed by atoms with Gasteiger partial charge >= 0.3 is 5.97 Å². The number of ether oxygens (including phenoxy) is 3. The zero-order valence-corrected chi connectivity index (χ0v) is 19.3. The van der Waals surface area contributed by atoms with E-state index in [1.807, 2.05) is 11.8 Å². The summed E-state index contributed by atoms with van der Waals surface area (Å²) in [5.41, 5.74) is 2.10. The average Bonchev–Trinajstić information content (AvgIpc) is 2.84. The topological polar surface area (TPSA) is 94.2 Å². The highest BCUT2D eigenvalue weighted by Crippen LogP contribution is 2.29. The number of piperidine rings is 1. The second-order valence-corrected chi connectivity index (χ2v) is 7.80. The molecule has 0 unspecified atom stereocenters. The Morgan fingerprint density at radius 2 is 1.67 bits per heavy atom. The van der Waals surface area contributed by atoms with Crippen molar-refractivity contribution in [3.8, 4) is 11.5 Å². The molecule has 176 valence electrons. The molecule has 1 fully saturated rings. The molecule has 2 amide bonds. The molecule has 1 heterocycles. The van der Waals surface area contributed by atoms with Gasteiger partial charge in [-0.15, -0.1) is 0 Å². The molecule has 0 bridgehead atoms. The van der Waals surface area contributed by atoms with Crippen molar-refractivity contribution in [2.75, 3.05) is 38.7 Å². The van der Waals surface area contributed by atoms with E-state index < -0.39 is 5.97 Å². The molecule has 3 rings (SSSR count). The van der Waals surface area contributed by atoms with E-state index in [0.717, 1.165) is 37.9 Å². The quantitative estimate of drug-likeness (QED) is 0.610. The van der Waals surface area contributed by atoms with Crippen LogP contribution in [-0.4, -0.2) is 56.1 Å². The molecule has 0 spiro atoms. The number of benzene rings is 2. The van der Waals surface area contributed by atoms with Crippen LogP contribution in [0.4, 0.5) is 5.69 Å². The van der Waals surface area contributed by atoms with Crippen molar-refractivity contribution in [2.45, 2.75) is 33.1 Å². The number of nitrogens with one attached hydrogen (secondary N) is 1. The molecule has 0 aromatic heterocycles. The number of esters is 1. The number of anilines is 1. The van der Waals surface area contributed by atoms with E-state index >= 15 is 0 Å². The Labute approximate surface area is 193 Å². The first-order valence-electron chi connectivity index (χ1n) is 11.1. The Kier molecular flexibility index (Phi) is 8.29. The van der Waals surface area contributed by atoms with Gasteiger partial charge in [-0.2, -0.15) is 0 Å². The number of carbonyl (C=O) groups is 3. The Morgan fingerprint density at radius 1 is 0.939 bits per heavy atom. The zero-order valence-electron chi connectivity index (χ0n) is 19.3. The first-order chi connectivity index (χ1) is 15.9. The smallest absolute Gasteiger partial charge is 0.337 e. The fourth-order valence-corrected chi connectivity index (χ4v) is 3.65. The second kappa shape index (κ2) is 11.4. The lowest BCUT2D eigenvalue weighted by Gasteiger charge is -2.26. The first kappa shape index (κ1) is 24.1. The highest BCUT2D eigenvalue weighted by Gasteiger charge is 2.19. The lowest BCUT2D eigenvalue weighted by atomic mass is 10.1. The summed E-state index contributed by atoms with van der Waals surface area (Å²) in [6.45, 7) is 5.47.